The maximum absolute atomic E-state index is 13.7. The molecule has 3 aromatic rings. The number of carbonyl (C=O) groups excluding carboxylic acids is 1. The normalized spacial score (nSPS) is 21.4. The number of amides is 1. The molecule has 34 heavy (non-hydrogen) atoms. The average molecular weight is 461 g/mol. The van der Waals surface area contributed by atoms with Crippen molar-refractivity contribution in [3.8, 4) is 0 Å². The molecule has 2 saturated heterocycles. The van der Waals surface area contributed by atoms with E-state index in [2.05, 4.69) is 62.5 Å². The Kier molecular flexibility index (Phi) is 6.97. The van der Waals surface area contributed by atoms with E-state index in [1.807, 2.05) is 24.7 Å². The van der Waals surface area contributed by atoms with Crippen LogP contribution in [0.3, 0.4) is 0 Å². The Bertz CT molecular complexity index is 1090. The third-order valence-electron chi connectivity index (χ3n) is 7.67. The van der Waals surface area contributed by atoms with Gasteiger partial charge in [-0.25, -0.2) is 0 Å². The largest absolute Gasteiger partial charge is 0.379 e. The Morgan fingerprint density at radius 1 is 1.09 bits per heavy atom. The minimum Gasteiger partial charge on any atom is -0.379 e. The van der Waals surface area contributed by atoms with Crippen molar-refractivity contribution in [2.24, 2.45) is 11.3 Å². The molecule has 1 atom stereocenters. The Labute approximate surface area is 202 Å². The number of hydrogen-bond donors (Lipinski definition) is 0. The standard InChI is InChI=1S/C28H36N4O2/c1-28(10-15-30(16-11-28)14-9-23-6-3-2-4-7-23)27(33)32-18-19-34-22-24(21-32)20-25-26-8-5-13-31(26)17-12-29-25/h2-8,12-13,17,24H,9-11,14-16,18-22H2,1H3. The number of nitrogens with zero attached hydrogens (tertiary/aromatic N) is 4. The zero-order chi connectivity index (χ0) is 23.4. The first-order valence-electron chi connectivity index (χ1n) is 12.6. The fourth-order valence-corrected chi connectivity index (χ4v) is 5.45. The second kappa shape index (κ2) is 10.3. The molecule has 1 aromatic carbocycles. The highest BCUT2D eigenvalue weighted by Crippen LogP contribution is 2.34. The van der Waals surface area contributed by atoms with Gasteiger partial charge in [-0.3, -0.25) is 9.78 Å². The van der Waals surface area contributed by atoms with Gasteiger partial charge in [-0.1, -0.05) is 37.3 Å². The molecule has 6 nitrogen and oxygen atoms in total. The fraction of sp³-hybridized carbons (Fsp3) is 0.500. The molecule has 0 bridgehead atoms. The number of aromatic nitrogens is 2. The summed E-state index contributed by atoms with van der Waals surface area (Å²) in [5.41, 5.74) is 3.32. The third kappa shape index (κ3) is 5.18. The van der Waals surface area contributed by atoms with Gasteiger partial charge in [-0.15, -0.1) is 0 Å². The van der Waals surface area contributed by atoms with Gasteiger partial charge in [0, 0.05) is 49.6 Å². The lowest BCUT2D eigenvalue weighted by Gasteiger charge is -2.41. The Balaban J connectivity index is 1.18. The molecule has 2 aliphatic rings. The molecule has 180 valence electrons. The van der Waals surface area contributed by atoms with Gasteiger partial charge in [0.05, 0.1) is 24.4 Å². The van der Waals surface area contributed by atoms with E-state index in [9.17, 15) is 4.79 Å². The highest BCUT2D eigenvalue weighted by atomic mass is 16.5. The van der Waals surface area contributed by atoms with E-state index in [-0.39, 0.29) is 11.3 Å². The van der Waals surface area contributed by atoms with Crippen molar-refractivity contribution in [2.45, 2.75) is 32.6 Å². The van der Waals surface area contributed by atoms with Gasteiger partial charge in [0.25, 0.3) is 0 Å². The number of ether oxygens (including phenoxy) is 1. The number of benzene rings is 1. The first kappa shape index (κ1) is 23.1. The lowest BCUT2D eigenvalue weighted by Crippen LogP contribution is -2.50. The summed E-state index contributed by atoms with van der Waals surface area (Å²) in [7, 11) is 0. The predicted octanol–water partition coefficient (Wildman–Crippen LogP) is 3.70. The smallest absolute Gasteiger partial charge is 0.228 e. The van der Waals surface area contributed by atoms with Crippen molar-refractivity contribution >= 4 is 11.4 Å². The van der Waals surface area contributed by atoms with Crippen LogP contribution in [0.25, 0.3) is 5.52 Å². The number of fused-ring (bicyclic) bond motifs is 1. The van der Waals surface area contributed by atoms with E-state index in [1.165, 1.54) is 5.56 Å². The molecule has 1 amide bonds. The Morgan fingerprint density at radius 2 is 1.91 bits per heavy atom. The summed E-state index contributed by atoms with van der Waals surface area (Å²) in [6.07, 6.45) is 9.62. The average Bonchev–Trinajstić information content (AvgIpc) is 3.24. The van der Waals surface area contributed by atoms with Crippen LogP contribution >= 0.6 is 0 Å². The van der Waals surface area contributed by atoms with Gasteiger partial charge in [-0.2, -0.15) is 0 Å². The fourth-order valence-electron chi connectivity index (χ4n) is 5.45. The number of hydrogen-bond acceptors (Lipinski definition) is 4. The zero-order valence-corrected chi connectivity index (χ0v) is 20.2. The molecule has 0 radical (unpaired) electrons. The van der Waals surface area contributed by atoms with Crippen molar-refractivity contribution in [3.63, 3.8) is 0 Å². The SMILES string of the molecule is CC1(C(=O)N2CCOCC(Cc3nccn4cccc34)C2)CCN(CCc2ccccc2)CC1. The van der Waals surface area contributed by atoms with E-state index in [0.717, 1.165) is 63.1 Å². The molecule has 0 N–H and O–H groups in total. The van der Waals surface area contributed by atoms with Gasteiger partial charge in [0.15, 0.2) is 0 Å². The molecular weight excluding hydrogens is 424 g/mol. The van der Waals surface area contributed by atoms with Gasteiger partial charge in [0.1, 0.15) is 0 Å². The van der Waals surface area contributed by atoms with Crippen LogP contribution in [-0.4, -0.2) is 71.0 Å². The van der Waals surface area contributed by atoms with Crippen LogP contribution in [0.5, 0.6) is 0 Å². The van der Waals surface area contributed by atoms with E-state index < -0.39 is 0 Å². The quantitative estimate of drug-likeness (QED) is 0.563. The van der Waals surface area contributed by atoms with Gasteiger partial charge in [-0.05, 0) is 56.5 Å². The third-order valence-corrected chi connectivity index (χ3v) is 7.67. The zero-order valence-electron chi connectivity index (χ0n) is 20.2. The van der Waals surface area contributed by atoms with Crippen LogP contribution in [0.1, 0.15) is 31.0 Å². The van der Waals surface area contributed by atoms with Crippen LogP contribution in [0.4, 0.5) is 0 Å². The highest BCUT2D eigenvalue weighted by Gasteiger charge is 2.40. The molecule has 2 aromatic heterocycles. The lowest BCUT2D eigenvalue weighted by atomic mass is 9.78. The monoisotopic (exact) mass is 460 g/mol. The van der Waals surface area contributed by atoms with Crippen molar-refractivity contribution in [1.29, 1.82) is 0 Å². The second-order valence-corrected chi connectivity index (χ2v) is 10.2. The topological polar surface area (TPSA) is 50.1 Å². The van der Waals surface area contributed by atoms with Crippen molar-refractivity contribution < 1.29 is 9.53 Å². The number of piperidine rings is 1. The van der Waals surface area contributed by atoms with Crippen LogP contribution < -0.4 is 0 Å². The molecule has 0 saturated carbocycles. The maximum Gasteiger partial charge on any atom is 0.228 e. The van der Waals surface area contributed by atoms with Gasteiger partial charge < -0.3 is 18.9 Å². The van der Waals surface area contributed by atoms with E-state index in [4.69, 9.17) is 4.74 Å². The summed E-state index contributed by atoms with van der Waals surface area (Å²) in [5.74, 6) is 0.564. The lowest BCUT2D eigenvalue weighted by molar-refractivity contribution is -0.144. The van der Waals surface area contributed by atoms with Gasteiger partial charge in [0.2, 0.25) is 5.91 Å². The van der Waals surface area contributed by atoms with E-state index in [1.54, 1.807) is 0 Å². The molecule has 0 aliphatic carbocycles. The number of likely N-dealkylation sites (tertiary alicyclic amines) is 1. The number of carbonyl (C=O) groups is 1. The summed E-state index contributed by atoms with van der Waals surface area (Å²) in [5, 5.41) is 0. The molecule has 0 spiro atoms. The molecule has 2 fully saturated rings. The molecule has 1 unspecified atom stereocenters. The Morgan fingerprint density at radius 3 is 2.74 bits per heavy atom. The second-order valence-electron chi connectivity index (χ2n) is 10.2. The molecule has 6 heteroatoms. The Hall–Kier alpha value is -2.70. The van der Waals surface area contributed by atoms with Crippen molar-refractivity contribution in [2.75, 3.05) is 45.9 Å². The van der Waals surface area contributed by atoms with Crippen molar-refractivity contribution in [3.05, 3.63) is 72.3 Å². The summed E-state index contributed by atoms with van der Waals surface area (Å²) >= 11 is 0. The summed E-state index contributed by atoms with van der Waals surface area (Å²) in [4.78, 5) is 22.9. The summed E-state index contributed by atoms with van der Waals surface area (Å²) in [6, 6.07) is 14.8. The first-order chi connectivity index (χ1) is 16.6. The van der Waals surface area contributed by atoms with E-state index in [0.29, 0.717) is 25.7 Å². The van der Waals surface area contributed by atoms with Crippen molar-refractivity contribution in [1.82, 2.24) is 19.2 Å². The minimum atomic E-state index is -0.280. The van der Waals surface area contributed by atoms with Gasteiger partial charge >= 0.3 is 0 Å². The summed E-state index contributed by atoms with van der Waals surface area (Å²) < 4.78 is 8.03. The van der Waals surface area contributed by atoms with Crippen LogP contribution in [0.2, 0.25) is 0 Å². The molecule has 2 aliphatic heterocycles. The molecule has 5 rings (SSSR count). The van der Waals surface area contributed by atoms with Crippen LogP contribution in [-0.2, 0) is 22.4 Å². The minimum absolute atomic E-state index is 0.259. The van der Waals surface area contributed by atoms with E-state index >= 15 is 0 Å². The van der Waals surface area contributed by atoms with Crippen LogP contribution in [0, 0.1) is 11.3 Å². The first-order valence-corrected chi connectivity index (χ1v) is 12.6. The maximum atomic E-state index is 13.7. The molecular formula is C28H36N4O2. The highest BCUT2D eigenvalue weighted by molar-refractivity contribution is 5.82. The summed E-state index contributed by atoms with van der Waals surface area (Å²) in [6.45, 7) is 7.94. The number of rotatable bonds is 6. The predicted molar refractivity (Wildman–Crippen MR) is 134 cm³/mol. The molecule has 4 heterocycles. The van der Waals surface area contributed by atoms with Crippen LogP contribution in [0.15, 0.2) is 61.1 Å².